The molecule has 1 N–H and O–H groups in total. The van der Waals surface area contributed by atoms with Crippen LogP contribution in [0.1, 0.15) is 33.0 Å². The van der Waals surface area contributed by atoms with Crippen LogP contribution in [0.2, 0.25) is 0 Å². The Hall–Kier alpha value is -3.12. The van der Waals surface area contributed by atoms with Crippen LogP contribution < -0.4 is 10.1 Å². The zero-order chi connectivity index (χ0) is 20.4. The van der Waals surface area contributed by atoms with Crippen molar-refractivity contribution in [3.05, 3.63) is 82.6 Å². The Kier molecular flexibility index (Phi) is 5.36. The SMILES string of the molecule is COc1cccc(NC(=O)c2c(C)oc3c2CN(Cc2ccc(F)cc2)CC3)c1. The minimum absolute atomic E-state index is 0.190. The molecule has 1 aliphatic rings. The van der Waals surface area contributed by atoms with E-state index in [0.717, 1.165) is 29.9 Å². The smallest absolute Gasteiger partial charge is 0.259 e. The number of amides is 1. The highest BCUT2D eigenvalue weighted by Gasteiger charge is 2.28. The quantitative estimate of drug-likeness (QED) is 0.690. The second kappa shape index (κ2) is 8.09. The number of methoxy groups -OCH3 is 1. The van der Waals surface area contributed by atoms with E-state index < -0.39 is 0 Å². The number of hydrogen-bond acceptors (Lipinski definition) is 4. The standard InChI is InChI=1S/C23H23FN2O3/c1-15-22(23(27)25-18-4-3-5-19(12-18)28-2)20-14-26(11-10-21(20)29-15)13-16-6-8-17(24)9-7-16/h3-9,12H,10-11,13-14H2,1-2H3,(H,25,27). The lowest BCUT2D eigenvalue weighted by molar-refractivity contribution is 0.102. The van der Waals surface area contributed by atoms with Crippen molar-refractivity contribution in [1.82, 2.24) is 4.90 Å². The zero-order valence-electron chi connectivity index (χ0n) is 16.5. The summed E-state index contributed by atoms with van der Waals surface area (Å²) in [4.78, 5) is 15.2. The van der Waals surface area contributed by atoms with Gasteiger partial charge in [0.25, 0.3) is 5.91 Å². The fourth-order valence-electron chi connectivity index (χ4n) is 3.76. The van der Waals surface area contributed by atoms with E-state index in [1.807, 2.05) is 25.1 Å². The molecule has 0 radical (unpaired) electrons. The molecule has 1 aromatic heterocycles. The Morgan fingerprint density at radius 2 is 2.03 bits per heavy atom. The minimum Gasteiger partial charge on any atom is -0.497 e. The van der Waals surface area contributed by atoms with Crippen molar-refractivity contribution in [2.45, 2.75) is 26.4 Å². The summed E-state index contributed by atoms with van der Waals surface area (Å²) in [6.45, 7) is 3.96. The Morgan fingerprint density at radius 1 is 1.24 bits per heavy atom. The van der Waals surface area contributed by atoms with Crippen LogP contribution in [-0.4, -0.2) is 24.5 Å². The minimum atomic E-state index is -0.239. The number of hydrogen-bond donors (Lipinski definition) is 1. The molecule has 2 aromatic carbocycles. The third-order valence-electron chi connectivity index (χ3n) is 5.18. The first-order valence-corrected chi connectivity index (χ1v) is 9.57. The van der Waals surface area contributed by atoms with Gasteiger partial charge in [0.15, 0.2) is 0 Å². The van der Waals surface area contributed by atoms with Crippen LogP contribution in [-0.2, 0) is 19.5 Å². The Labute approximate surface area is 169 Å². The van der Waals surface area contributed by atoms with E-state index in [4.69, 9.17) is 9.15 Å². The number of benzene rings is 2. The van der Waals surface area contributed by atoms with Crippen LogP contribution in [0.25, 0.3) is 0 Å². The summed E-state index contributed by atoms with van der Waals surface area (Å²) in [6, 6.07) is 13.8. The summed E-state index contributed by atoms with van der Waals surface area (Å²) in [7, 11) is 1.59. The molecule has 0 fully saturated rings. The first kappa shape index (κ1) is 19.2. The van der Waals surface area contributed by atoms with Gasteiger partial charge < -0.3 is 14.5 Å². The van der Waals surface area contributed by atoms with E-state index in [-0.39, 0.29) is 11.7 Å². The molecule has 0 unspecified atom stereocenters. The van der Waals surface area contributed by atoms with Crippen molar-refractivity contribution in [2.75, 3.05) is 19.0 Å². The molecule has 1 amide bonds. The maximum atomic E-state index is 13.2. The molecule has 0 saturated heterocycles. The summed E-state index contributed by atoms with van der Waals surface area (Å²) in [5.41, 5.74) is 3.23. The second-order valence-electron chi connectivity index (χ2n) is 7.21. The summed E-state index contributed by atoms with van der Waals surface area (Å²) in [6.07, 6.45) is 0.740. The highest BCUT2D eigenvalue weighted by molar-refractivity contribution is 6.06. The van der Waals surface area contributed by atoms with Gasteiger partial charge >= 0.3 is 0 Å². The lowest BCUT2D eigenvalue weighted by Crippen LogP contribution is -2.30. The molecule has 0 saturated carbocycles. The average Bonchev–Trinajstić information content (AvgIpc) is 3.05. The highest BCUT2D eigenvalue weighted by Crippen LogP contribution is 2.30. The molecule has 29 heavy (non-hydrogen) atoms. The van der Waals surface area contributed by atoms with Crippen molar-refractivity contribution < 1.29 is 18.3 Å². The van der Waals surface area contributed by atoms with Gasteiger partial charge in [0, 0.05) is 43.4 Å². The third kappa shape index (κ3) is 4.17. The molecule has 6 heteroatoms. The van der Waals surface area contributed by atoms with Gasteiger partial charge in [0.2, 0.25) is 0 Å². The van der Waals surface area contributed by atoms with Crippen molar-refractivity contribution in [3.8, 4) is 5.75 Å². The average molecular weight is 394 g/mol. The Balaban J connectivity index is 1.53. The fourth-order valence-corrected chi connectivity index (χ4v) is 3.76. The first-order valence-electron chi connectivity index (χ1n) is 9.57. The third-order valence-corrected chi connectivity index (χ3v) is 5.18. The lowest BCUT2D eigenvalue weighted by atomic mass is 10.0. The van der Waals surface area contributed by atoms with E-state index in [1.165, 1.54) is 12.1 Å². The van der Waals surface area contributed by atoms with Gasteiger partial charge in [-0.15, -0.1) is 0 Å². The molecular weight excluding hydrogens is 371 g/mol. The normalized spacial score (nSPS) is 13.8. The molecule has 0 spiro atoms. The van der Waals surface area contributed by atoms with Gasteiger partial charge in [-0.1, -0.05) is 18.2 Å². The first-order chi connectivity index (χ1) is 14.0. The highest BCUT2D eigenvalue weighted by atomic mass is 19.1. The number of fused-ring (bicyclic) bond motifs is 1. The molecule has 2 heterocycles. The van der Waals surface area contributed by atoms with Crippen molar-refractivity contribution >= 4 is 11.6 Å². The maximum absolute atomic E-state index is 13.2. The van der Waals surface area contributed by atoms with E-state index in [0.29, 0.717) is 35.9 Å². The van der Waals surface area contributed by atoms with Gasteiger partial charge in [-0.2, -0.15) is 0 Å². The van der Waals surface area contributed by atoms with Crippen LogP contribution in [0.15, 0.2) is 52.9 Å². The summed E-state index contributed by atoms with van der Waals surface area (Å²) >= 11 is 0. The number of anilines is 1. The number of rotatable bonds is 5. The topological polar surface area (TPSA) is 54.7 Å². The van der Waals surface area contributed by atoms with E-state index in [9.17, 15) is 9.18 Å². The predicted molar refractivity (Wildman–Crippen MR) is 109 cm³/mol. The van der Waals surface area contributed by atoms with Crippen LogP contribution in [0.5, 0.6) is 5.75 Å². The van der Waals surface area contributed by atoms with Crippen molar-refractivity contribution in [2.24, 2.45) is 0 Å². The van der Waals surface area contributed by atoms with Crippen molar-refractivity contribution in [3.63, 3.8) is 0 Å². The number of nitrogens with one attached hydrogen (secondary N) is 1. The molecule has 0 aliphatic carbocycles. The molecule has 150 valence electrons. The van der Waals surface area contributed by atoms with Crippen LogP contribution in [0.3, 0.4) is 0 Å². The van der Waals surface area contributed by atoms with E-state index in [2.05, 4.69) is 10.2 Å². The zero-order valence-corrected chi connectivity index (χ0v) is 16.5. The number of aryl methyl sites for hydroxylation is 1. The summed E-state index contributed by atoms with van der Waals surface area (Å²) < 4.78 is 24.3. The molecule has 0 bridgehead atoms. The van der Waals surface area contributed by atoms with Gasteiger partial charge in [-0.3, -0.25) is 9.69 Å². The number of furan rings is 1. The number of carbonyl (C=O) groups is 1. The molecule has 1 aliphatic heterocycles. The molecular formula is C23H23FN2O3. The number of ether oxygens (including phenoxy) is 1. The molecule has 3 aromatic rings. The maximum Gasteiger partial charge on any atom is 0.259 e. The second-order valence-corrected chi connectivity index (χ2v) is 7.21. The summed E-state index contributed by atoms with van der Waals surface area (Å²) in [5.74, 6) is 1.74. The van der Waals surface area contributed by atoms with E-state index in [1.54, 1.807) is 25.3 Å². The number of halogens is 1. The van der Waals surface area contributed by atoms with Crippen LogP contribution in [0, 0.1) is 12.7 Å². The number of nitrogens with zero attached hydrogens (tertiary/aromatic N) is 1. The molecule has 4 rings (SSSR count). The fraction of sp³-hybridized carbons (Fsp3) is 0.261. The van der Waals surface area contributed by atoms with Gasteiger partial charge in [0.1, 0.15) is 23.1 Å². The monoisotopic (exact) mass is 394 g/mol. The Bertz CT molecular complexity index is 1030. The van der Waals surface area contributed by atoms with Crippen molar-refractivity contribution in [1.29, 1.82) is 0 Å². The predicted octanol–water partition coefficient (Wildman–Crippen LogP) is 4.55. The molecule has 5 nitrogen and oxygen atoms in total. The number of carbonyl (C=O) groups excluding carboxylic acids is 1. The van der Waals surface area contributed by atoms with Crippen LogP contribution in [0.4, 0.5) is 10.1 Å². The van der Waals surface area contributed by atoms with Gasteiger partial charge in [0.05, 0.1) is 12.7 Å². The largest absolute Gasteiger partial charge is 0.497 e. The van der Waals surface area contributed by atoms with E-state index >= 15 is 0 Å². The van der Waals surface area contributed by atoms with Crippen LogP contribution >= 0.6 is 0 Å². The van der Waals surface area contributed by atoms with Gasteiger partial charge in [-0.25, -0.2) is 4.39 Å². The summed E-state index contributed by atoms with van der Waals surface area (Å²) in [5, 5.41) is 2.94. The lowest BCUT2D eigenvalue weighted by Gasteiger charge is -2.26. The van der Waals surface area contributed by atoms with Gasteiger partial charge in [-0.05, 0) is 36.8 Å². The molecule has 0 atom stereocenters. The Morgan fingerprint density at radius 3 is 2.79 bits per heavy atom.